The molecule has 1 aliphatic heterocycles. The van der Waals surface area contributed by atoms with Crippen molar-refractivity contribution >= 4 is 17.4 Å². The number of urea groups is 1. The molecule has 35 heavy (non-hydrogen) atoms. The molecule has 7 heteroatoms. The van der Waals surface area contributed by atoms with E-state index in [1.807, 2.05) is 40.6 Å². The SMILES string of the molecule is O=C(NCc1ccc(F)cc1)N1Cc2c(sc3c2CCCC3)-n2cccc2[C@H]1c1cccc(F)c1. The van der Waals surface area contributed by atoms with E-state index in [0.717, 1.165) is 41.1 Å². The lowest BCUT2D eigenvalue weighted by molar-refractivity contribution is 0.180. The molecule has 0 saturated heterocycles. The number of amides is 2. The van der Waals surface area contributed by atoms with E-state index in [1.165, 1.54) is 46.7 Å². The van der Waals surface area contributed by atoms with Crippen molar-refractivity contribution in [1.29, 1.82) is 0 Å². The van der Waals surface area contributed by atoms with E-state index in [1.54, 1.807) is 18.2 Å². The van der Waals surface area contributed by atoms with Crippen molar-refractivity contribution < 1.29 is 13.6 Å². The van der Waals surface area contributed by atoms with Crippen LogP contribution in [0.4, 0.5) is 13.6 Å². The summed E-state index contributed by atoms with van der Waals surface area (Å²) in [5, 5.41) is 4.18. The summed E-state index contributed by atoms with van der Waals surface area (Å²) in [5.41, 5.74) is 5.04. The first-order chi connectivity index (χ1) is 17.1. The van der Waals surface area contributed by atoms with E-state index in [9.17, 15) is 13.6 Å². The zero-order chi connectivity index (χ0) is 23.9. The van der Waals surface area contributed by atoms with Crippen molar-refractivity contribution in [1.82, 2.24) is 14.8 Å². The summed E-state index contributed by atoms with van der Waals surface area (Å²) < 4.78 is 29.8. The highest BCUT2D eigenvalue weighted by Gasteiger charge is 2.36. The van der Waals surface area contributed by atoms with Crippen LogP contribution in [-0.2, 0) is 25.9 Å². The number of aryl methyl sites for hydroxylation is 1. The van der Waals surface area contributed by atoms with Gasteiger partial charge in [0.05, 0.1) is 18.3 Å². The van der Waals surface area contributed by atoms with Crippen molar-refractivity contribution in [2.24, 2.45) is 0 Å². The Bertz CT molecular complexity index is 1390. The molecule has 2 amide bonds. The van der Waals surface area contributed by atoms with E-state index < -0.39 is 6.04 Å². The Morgan fingerprint density at radius 3 is 2.63 bits per heavy atom. The van der Waals surface area contributed by atoms with Gasteiger partial charge >= 0.3 is 6.03 Å². The molecular formula is C28H25F2N3OS. The first-order valence-electron chi connectivity index (χ1n) is 11.9. The minimum absolute atomic E-state index is 0.236. The molecule has 4 nitrogen and oxygen atoms in total. The second-order valence-corrected chi connectivity index (χ2v) is 10.3. The van der Waals surface area contributed by atoms with Crippen LogP contribution < -0.4 is 5.32 Å². The molecule has 2 aromatic carbocycles. The molecule has 2 aromatic heterocycles. The van der Waals surface area contributed by atoms with Crippen molar-refractivity contribution in [3.8, 4) is 5.00 Å². The predicted molar refractivity (Wildman–Crippen MR) is 133 cm³/mol. The number of carbonyl (C=O) groups is 1. The maximum absolute atomic E-state index is 14.3. The predicted octanol–water partition coefficient (Wildman–Crippen LogP) is 6.51. The van der Waals surface area contributed by atoms with Gasteiger partial charge in [-0.15, -0.1) is 11.3 Å². The number of fused-ring (bicyclic) bond motifs is 5. The number of thiophene rings is 1. The van der Waals surface area contributed by atoms with Crippen molar-refractivity contribution in [2.45, 2.75) is 44.8 Å². The topological polar surface area (TPSA) is 37.3 Å². The largest absolute Gasteiger partial charge is 0.334 e. The molecule has 2 aliphatic rings. The van der Waals surface area contributed by atoms with Crippen LogP contribution in [0.15, 0.2) is 66.9 Å². The van der Waals surface area contributed by atoms with Gasteiger partial charge in [0.15, 0.2) is 0 Å². The number of hydrogen-bond donors (Lipinski definition) is 1. The number of aromatic nitrogens is 1. The fourth-order valence-electron chi connectivity index (χ4n) is 5.30. The molecular weight excluding hydrogens is 464 g/mol. The van der Waals surface area contributed by atoms with E-state index >= 15 is 0 Å². The third-order valence-corrected chi connectivity index (χ3v) is 8.29. The minimum Gasteiger partial charge on any atom is -0.334 e. The van der Waals surface area contributed by atoms with E-state index in [0.29, 0.717) is 6.54 Å². The number of carbonyl (C=O) groups excluding carboxylic acids is 1. The molecule has 0 saturated carbocycles. The van der Waals surface area contributed by atoms with Crippen LogP contribution in [0.1, 0.15) is 51.7 Å². The first kappa shape index (κ1) is 22.0. The van der Waals surface area contributed by atoms with Crippen molar-refractivity contribution in [3.63, 3.8) is 0 Å². The molecule has 0 fully saturated rings. The van der Waals surface area contributed by atoms with Gasteiger partial charge in [-0.05, 0) is 78.8 Å². The van der Waals surface area contributed by atoms with Crippen LogP contribution in [0.2, 0.25) is 0 Å². The van der Waals surface area contributed by atoms with Crippen molar-refractivity contribution in [3.05, 3.63) is 111 Å². The normalized spacial score (nSPS) is 16.7. The van der Waals surface area contributed by atoms with Gasteiger partial charge in [0, 0.05) is 23.2 Å². The zero-order valence-corrected chi connectivity index (χ0v) is 20.0. The second-order valence-electron chi connectivity index (χ2n) is 9.17. The molecule has 178 valence electrons. The number of nitrogens with one attached hydrogen (secondary N) is 1. The lowest BCUT2D eigenvalue weighted by atomic mass is 9.95. The van der Waals surface area contributed by atoms with Crippen molar-refractivity contribution in [2.75, 3.05) is 0 Å². The number of hydrogen-bond acceptors (Lipinski definition) is 2. The fourth-order valence-corrected chi connectivity index (χ4v) is 6.70. The molecule has 0 bridgehead atoms. The summed E-state index contributed by atoms with van der Waals surface area (Å²) in [6, 6.07) is 15.9. The van der Waals surface area contributed by atoms with Gasteiger partial charge in [0.1, 0.15) is 16.6 Å². The summed E-state index contributed by atoms with van der Waals surface area (Å²) in [5.74, 6) is -0.641. The minimum atomic E-state index is -0.451. The number of rotatable bonds is 3. The maximum Gasteiger partial charge on any atom is 0.318 e. The maximum atomic E-state index is 14.3. The average Bonchev–Trinajstić information content (AvgIpc) is 3.45. The van der Waals surface area contributed by atoms with E-state index in [4.69, 9.17) is 0 Å². The van der Waals surface area contributed by atoms with Gasteiger partial charge in [-0.1, -0.05) is 24.3 Å². The Labute approximate surface area is 206 Å². The number of halogens is 2. The molecule has 0 spiro atoms. The Hall–Kier alpha value is -3.45. The monoisotopic (exact) mass is 489 g/mol. The average molecular weight is 490 g/mol. The van der Waals surface area contributed by atoms with Crippen LogP contribution in [0, 0.1) is 11.6 Å². The highest BCUT2D eigenvalue weighted by Crippen LogP contribution is 2.44. The molecule has 3 heterocycles. The molecule has 0 unspecified atom stereocenters. The Balaban J connectivity index is 1.43. The van der Waals surface area contributed by atoms with Gasteiger partial charge in [0.25, 0.3) is 0 Å². The molecule has 1 N–H and O–H groups in total. The molecule has 1 atom stereocenters. The lowest BCUT2D eigenvalue weighted by Gasteiger charge is -2.31. The Morgan fingerprint density at radius 2 is 1.80 bits per heavy atom. The zero-order valence-electron chi connectivity index (χ0n) is 19.1. The molecule has 6 rings (SSSR count). The van der Waals surface area contributed by atoms with E-state index in [-0.39, 0.29) is 24.2 Å². The van der Waals surface area contributed by atoms with Gasteiger partial charge in [0.2, 0.25) is 0 Å². The standard InChI is InChI=1S/C28H25F2N3OS/c29-20-12-10-18(11-13-20)16-31-28(34)33-17-23-22-7-1-2-9-25(22)35-27(23)32-14-4-8-24(32)26(33)19-5-3-6-21(30)15-19/h3-6,8,10-15,26H,1-2,7,9,16-17H2,(H,31,34)/t26-/m1/s1. The van der Waals surface area contributed by atoms with Crippen LogP contribution in [0.25, 0.3) is 5.00 Å². The summed E-state index contributed by atoms with van der Waals surface area (Å²) in [6.45, 7) is 0.723. The third-order valence-electron chi connectivity index (χ3n) is 6.96. The highest BCUT2D eigenvalue weighted by atomic mass is 32.1. The summed E-state index contributed by atoms with van der Waals surface area (Å²) in [6.07, 6.45) is 6.49. The third kappa shape index (κ3) is 4.04. The van der Waals surface area contributed by atoms with E-state index in [2.05, 4.69) is 9.88 Å². The summed E-state index contributed by atoms with van der Waals surface area (Å²) in [7, 11) is 0. The fraction of sp³-hybridized carbons (Fsp3) is 0.250. The molecule has 0 radical (unpaired) electrons. The van der Waals surface area contributed by atoms with Gasteiger partial charge < -0.3 is 14.8 Å². The van der Waals surface area contributed by atoms with Gasteiger partial charge in [-0.2, -0.15) is 0 Å². The Kier molecular flexibility index (Phi) is 5.65. The van der Waals surface area contributed by atoms with Crippen LogP contribution in [0.3, 0.4) is 0 Å². The Morgan fingerprint density at radius 1 is 0.971 bits per heavy atom. The molecule has 4 aromatic rings. The summed E-state index contributed by atoms with van der Waals surface area (Å²) in [4.78, 5) is 17.0. The van der Waals surface area contributed by atoms with Crippen LogP contribution >= 0.6 is 11.3 Å². The van der Waals surface area contributed by atoms with Gasteiger partial charge in [-0.3, -0.25) is 0 Å². The molecule has 1 aliphatic carbocycles. The smallest absolute Gasteiger partial charge is 0.318 e. The number of nitrogens with zero attached hydrogens (tertiary/aromatic N) is 2. The second kappa shape index (κ2) is 8.96. The van der Waals surface area contributed by atoms with Gasteiger partial charge in [-0.25, -0.2) is 13.6 Å². The first-order valence-corrected chi connectivity index (χ1v) is 12.8. The summed E-state index contributed by atoms with van der Waals surface area (Å²) >= 11 is 1.82. The van der Waals surface area contributed by atoms with Crippen LogP contribution in [0.5, 0.6) is 0 Å². The van der Waals surface area contributed by atoms with Crippen LogP contribution in [-0.4, -0.2) is 15.5 Å². The lowest BCUT2D eigenvalue weighted by Crippen LogP contribution is -2.41. The highest BCUT2D eigenvalue weighted by molar-refractivity contribution is 7.15. The number of benzene rings is 2. The quantitative estimate of drug-likeness (QED) is 0.350.